The molecule has 0 fully saturated rings. The molecule has 0 saturated carbocycles. The highest BCUT2D eigenvalue weighted by atomic mass is 16.5. The maximum Gasteiger partial charge on any atom is 0.119 e. The van der Waals surface area contributed by atoms with Crippen LogP contribution in [0.1, 0.15) is 30.9 Å². The molecule has 0 N–H and O–H groups in total. The molecule has 0 aliphatic carbocycles. The first-order valence-electron chi connectivity index (χ1n) is 6.54. The van der Waals surface area contributed by atoms with Gasteiger partial charge in [0.1, 0.15) is 18.1 Å². The van der Waals surface area contributed by atoms with Crippen molar-refractivity contribution in [3.8, 4) is 11.5 Å². The number of hydrogen-bond donors (Lipinski definition) is 0. The van der Waals surface area contributed by atoms with Crippen LogP contribution >= 0.6 is 0 Å². The normalized spacial score (nSPS) is 10.5. The molecule has 0 unspecified atom stereocenters. The summed E-state index contributed by atoms with van der Waals surface area (Å²) in [5.41, 5.74) is 2.43. The molecule has 0 atom stereocenters. The fourth-order valence-corrected chi connectivity index (χ4v) is 1.88. The molecule has 19 heavy (non-hydrogen) atoms. The van der Waals surface area contributed by atoms with E-state index in [1.807, 2.05) is 36.4 Å². The predicted molar refractivity (Wildman–Crippen MR) is 77.9 cm³/mol. The summed E-state index contributed by atoms with van der Waals surface area (Å²) in [4.78, 5) is 0. The largest absolute Gasteiger partial charge is 0.497 e. The lowest BCUT2D eigenvalue weighted by Gasteiger charge is -2.09. The molecule has 2 aromatic carbocycles. The molecule has 0 aliphatic rings. The van der Waals surface area contributed by atoms with Crippen LogP contribution in [0.5, 0.6) is 11.5 Å². The topological polar surface area (TPSA) is 18.5 Å². The van der Waals surface area contributed by atoms with Crippen LogP contribution in [0.2, 0.25) is 0 Å². The van der Waals surface area contributed by atoms with E-state index in [-0.39, 0.29) is 0 Å². The molecular formula is C17H20O2. The Hall–Kier alpha value is -1.96. The van der Waals surface area contributed by atoms with Gasteiger partial charge in [-0.3, -0.25) is 0 Å². The van der Waals surface area contributed by atoms with Crippen LogP contribution in [-0.4, -0.2) is 7.11 Å². The van der Waals surface area contributed by atoms with E-state index in [1.165, 1.54) is 5.56 Å². The molecule has 0 spiro atoms. The summed E-state index contributed by atoms with van der Waals surface area (Å²) in [6.07, 6.45) is 0. The van der Waals surface area contributed by atoms with Gasteiger partial charge in [-0.25, -0.2) is 0 Å². The summed E-state index contributed by atoms with van der Waals surface area (Å²) in [5.74, 6) is 2.30. The Labute approximate surface area is 115 Å². The third kappa shape index (κ3) is 3.75. The average Bonchev–Trinajstić information content (AvgIpc) is 2.46. The minimum absolute atomic E-state index is 0.549. The van der Waals surface area contributed by atoms with Crippen LogP contribution in [0.25, 0.3) is 0 Å². The fourth-order valence-electron chi connectivity index (χ4n) is 1.88. The first-order chi connectivity index (χ1) is 9.19. The van der Waals surface area contributed by atoms with Crippen molar-refractivity contribution in [2.75, 3.05) is 7.11 Å². The molecule has 2 heteroatoms. The second-order valence-electron chi connectivity index (χ2n) is 4.86. The van der Waals surface area contributed by atoms with Crippen molar-refractivity contribution in [2.45, 2.75) is 26.4 Å². The van der Waals surface area contributed by atoms with Gasteiger partial charge < -0.3 is 9.47 Å². The minimum Gasteiger partial charge on any atom is -0.497 e. The first kappa shape index (κ1) is 13.5. The van der Waals surface area contributed by atoms with Gasteiger partial charge in [0.05, 0.1) is 7.11 Å². The molecule has 0 radical (unpaired) electrons. The highest BCUT2D eigenvalue weighted by Crippen LogP contribution is 2.20. The SMILES string of the molecule is COc1cccc(COc2ccc(C(C)C)cc2)c1. The maximum absolute atomic E-state index is 5.77. The van der Waals surface area contributed by atoms with Gasteiger partial charge >= 0.3 is 0 Å². The van der Waals surface area contributed by atoms with Gasteiger partial charge in [0, 0.05) is 0 Å². The van der Waals surface area contributed by atoms with Crippen LogP contribution in [-0.2, 0) is 6.61 Å². The van der Waals surface area contributed by atoms with Crippen LogP contribution < -0.4 is 9.47 Å². The van der Waals surface area contributed by atoms with E-state index >= 15 is 0 Å². The summed E-state index contributed by atoms with van der Waals surface area (Å²) >= 11 is 0. The Morgan fingerprint density at radius 1 is 0.947 bits per heavy atom. The second-order valence-corrected chi connectivity index (χ2v) is 4.86. The predicted octanol–water partition coefficient (Wildman–Crippen LogP) is 4.40. The maximum atomic E-state index is 5.77. The molecule has 0 aliphatic heterocycles. The Balaban J connectivity index is 1.98. The molecule has 2 aromatic rings. The van der Waals surface area contributed by atoms with E-state index in [0.717, 1.165) is 17.1 Å². The standard InChI is InChI=1S/C17H20O2/c1-13(2)15-7-9-16(10-8-15)19-12-14-5-4-6-17(11-14)18-3/h4-11,13H,12H2,1-3H3. The minimum atomic E-state index is 0.549. The van der Waals surface area contributed by atoms with E-state index in [0.29, 0.717) is 12.5 Å². The summed E-state index contributed by atoms with van der Waals surface area (Å²) in [7, 11) is 1.67. The van der Waals surface area contributed by atoms with E-state index < -0.39 is 0 Å². The Morgan fingerprint density at radius 2 is 1.68 bits per heavy atom. The lowest BCUT2D eigenvalue weighted by molar-refractivity contribution is 0.305. The molecule has 0 bridgehead atoms. The van der Waals surface area contributed by atoms with Crippen molar-refractivity contribution < 1.29 is 9.47 Å². The molecule has 0 saturated heterocycles. The van der Waals surface area contributed by atoms with Crippen molar-refractivity contribution in [1.29, 1.82) is 0 Å². The molecule has 2 nitrogen and oxygen atoms in total. The number of benzene rings is 2. The fraction of sp³-hybridized carbons (Fsp3) is 0.294. The lowest BCUT2D eigenvalue weighted by atomic mass is 10.0. The van der Waals surface area contributed by atoms with E-state index in [1.54, 1.807) is 7.11 Å². The van der Waals surface area contributed by atoms with Gasteiger partial charge in [0.15, 0.2) is 0 Å². The van der Waals surface area contributed by atoms with Gasteiger partial charge in [-0.15, -0.1) is 0 Å². The Kier molecular flexibility index (Phi) is 4.45. The van der Waals surface area contributed by atoms with Gasteiger partial charge in [0.2, 0.25) is 0 Å². The van der Waals surface area contributed by atoms with Crippen LogP contribution in [0, 0.1) is 0 Å². The second kappa shape index (κ2) is 6.28. The number of ether oxygens (including phenoxy) is 2. The van der Waals surface area contributed by atoms with Crippen molar-refractivity contribution in [3.05, 3.63) is 59.7 Å². The zero-order valence-corrected chi connectivity index (χ0v) is 11.7. The Morgan fingerprint density at radius 3 is 2.32 bits per heavy atom. The number of rotatable bonds is 5. The van der Waals surface area contributed by atoms with Gasteiger partial charge in [-0.1, -0.05) is 38.1 Å². The van der Waals surface area contributed by atoms with Gasteiger partial charge in [-0.2, -0.15) is 0 Å². The van der Waals surface area contributed by atoms with Gasteiger partial charge in [-0.05, 0) is 41.3 Å². The van der Waals surface area contributed by atoms with E-state index in [2.05, 4.69) is 26.0 Å². The quantitative estimate of drug-likeness (QED) is 0.789. The Bertz CT molecular complexity index is 515. The lowest BCUT2D eigenvalue weighted by Crippen LogP contribution is -1.96. The molecule has 0 heterocycles. The van der Waals surface area contributed by atoms with E-state index in [4.69, 9.17) is 9.47 Å². The third-order valence-electron chi connectivity index (χ3n) is 3.09. The highest BCUT2D eigenvalue weighted by Gasteiger charge is 2.01. The molecule has 0 aromatic heterocycles. The zero-order valence-electron chi connectivity index (χ0n) is 11.7. The van der Waals surface area contributed by atoms with Crippen molar-refractivity contribution in [2.24, 2.45) is 0 Å². The monoisotopic (exact) mass is 256 g/mol. The zero-order chi connectivity index (χ0) is 13.7. The summed E-state index contributed by atoms with van der Waals surface area (Å²) in [6.45, 7) is 4.93. The number of methoxy groups -OCH3 is 1. The van der Waals surface area contributed by atoms with Crippen molar-refractivity contribution >= 4 is 0 Å². The smallest absolute Gasteiger partial charge is 0.119 e. The third-order valence-corrected chi connectivity index (χ3v) is 3.09. The first-order valence-corrected chi connectivity index (χ1v) is 6.54. The van der Waals surface area contributed by atoms with Crippen molar-refractivity contribution in [3.63, 3.8) is 0 Å². The van der Waals surface area contributed by atoms with Crippen LogP contribution in [0.3, 0.4) is 0 Å². The summed E-state index contributed by atoms with van der Waals surface area (Å²) in [6, 6.07) is 16.2. The molecular weight excluding hydrogens is 236 g/mol. The average molecular weight is 256 g/mol. The molecule has 2 rings (SSSR count). The molecule has 100 valence electrons. The summed E-state index contributed by atoms with van der Waals surface area (Å²) in [5, 5.41) is 0. The molecule has 0 amide bonds. The van der Waals surface area contributed by atoms with Crippen LogP contribution in [0.15, 0.2) is 48.5 Å². The number of hydrogen-bond acceptors (Lipinski definition) is 2. The van der Waals surface area contributed by atoms with Gasteiger partial charge in [0.25, 0.3) is 0 Å². The van der Waals surface area contributed by atoms with E-state index in [9.17, 15) is 0 Å². The highest BCUT2D eigenvalue weighted by molar-refractivity contribution is 5.31. The summed E-state index contributed by atoms with van der Waals surface area (Å²) < 4.78 is 11.0. The van der Waals surface area contributed by atoms with Crippen molar-refractivity contribution in [1.82, 2.24) is 0 Å². The van der Waals surface area contributed by atoms with Crippen LogP contribution in [0.4, 0.5) is 0 Å².